The van der Waals surface area contributed by atoms with E-state index in [0.29, 0.717) is 11.4 Å². The van der Waals surface area contributed by atoms with Gasteiger partial charge in [0.15, 0.2) is 5.78 Å². The summed E-state index contributed by atoms with van der Waals surface area (Å²) in [7, 11) is 0. The number of anilines is 1. The number of aromatic nitrogens is 2. The van der Waals surface area contributed by atoms with Crippen LogP contribution in [0.4, 0.5) is 5.82 Å². The standard InChI is InChI=1S/C15H15N3O3/c1-10-16-13(9-15(21)17-10)18-14(20)8-7-12(19)11-5-3-2-4-6-11/h2-6,9H,7-8H2,1H3,(H2,16,17,18,20,21). The number of Topliss-reactive ketones (excluding diaryl/α,β-unsaturated/α-hetero) is 1. The Morgan fingerprint density at radius 1 is 1.19 bits per heavy atom. The van der Waals surface area contributed by atoms with Gasteiger partial charge in [-0.3, -0.25) is 14.4 Å². The van der Waals surface area contributed by atoms with Crippen molar-refractivity contribution in [1.82, 2.24) is 9.97 Å². The molecule has 108 valence electrons. The summed E-state index contributed by atoms with van der Waals surface area (Å²) in [5, 5.41) is 2.51. The molecule has 0 aliphatic heterocycles. The Morgan fingerprint density at radius 3 is 2.57 bits per heavy atom. The van der Waals surface area contributed by atoms with Crippen LogP contribution in [0.1, 0.15) is 29.0 Å². The highest BCUT2D eigenvalue weighted by molar-refractivity contribution is 5.99. The lowest BCUT2D eigenvalue weighted by molar-refractivity contribution is -0.116. The number of ketones is 1. The summed E-state index contributed by atoms with van der Waals surface area (Å²) in [5.74, 6) is 0.157. The zero-order valence-electron chi connectivity index (χ0n) is 11.6. The number of carbonyl (C=O) groups excluding carboxylic acids is 2. The van der Waals surface area contributed by atoms with Crippen LogP contribution in [0.3, 0.4) is 0 Å². The number of aromatic amines is 1. The van der Waals surface area contributed by atoms with Gasteiger partial charge in [0.25, 0.3) is 5.56 Å². The Morgan fingerprint density at radius 2 is 1.90 bits per heavy atom. The molecule has 2 N–H and O–H groups in total. The molecule has 6 nitrogen and oxygen atoms in total. The fourth-order valence-corrected chi connectivity index (χ4v) is 1.84. The molecule has 6 heteroatoms. The van der Waals surface area contributed by atoms with Crippen LogP contribution in [-0.4, -0.2) is 21.7 Å². The maximum absolute atomic E-state index is 11.9. The second-order valence-corrected chi connectivity index (χ2v) is 4.55. The van der Waals surface area contributed by atoms with Gasteiger partial charge in [-0.05, 0) is 6.92 Å². The van der Waals surface area contributed by atoms with E-state index in [4.69, 9.17) is 0 Å². The molecular weight excluding hydrogens is 270 g/mol. The number of rotatable bonds is 5. The van der Waals surface area contributed by atoms with Gasteiger partial charge in [0.1, 0.15) is 11.6 Å². The Labute approximate surface area is 121 Å². The number of aryl methyl sites for hydroxylation is 1. The van der Waals surface area contributed by atoms with Gasteiger partial charge >= 0.3 is 0 Å². The number of carbonyl (C=O) groups is 2. The second-order valence-electron chi connectivity index (χ2n) is 4.55. The van der Waals surface area contributed by atoms with Crippen LogP contribution in [0.15, 0.2) is 41.2 Å². The van der Waals surface area contributed by atoms with Gasteiger partial charge in [-0.2, -0.15) is 0 Å². The third-order valence-corrected chi connectivity index (χ3v) is 2.80. The lowest BCUT2D eigenvalue weighted by atomic mass is 10.1. The quantitative estimate of drug-likeness (QED) is 0.817. The molecule has 0 unspecified atom stereocenters. The van der Waals surface area contributed by atoms with Gasteiger partial charge in [-0.1, -0.05) is 30.3 Å². The molecule has 0 saturated heterocycles. The summed E-state index contributed by atoms with van der Waals surface area (Å²) >= 11 is 0. The molecule has 2 rings (SSSR count). The van der Waals surface area contributed by atoms with Crippen molar-refractivity contribution >= 4 is 17.5 Å². The molecule has 1 aromatic heterocycles. The normalized spacial score (nSPS) is 10.1. The van der Waals surface area contributed by atoms with E-state index in [9.17, 15) is 14.4 Å². The van der Waals surface area contributed by atoms with Crippen LogP contribution in [0.5, 0.6) is 0 Å². The van der Waals surface area contributed by atoms with E-state index in [2.05, 4.69) is 15.3 Å². The predicted molar refractivity (Wildman–Crippen MR) is 78.2 cm³/mol. The van der Waals surface area contributed by atoms with Gasteiger partial charge < -0.3 is 10.3 Å². The van der Waals surface area contributed by atoms with Gasteiger partial charge in [0.05, 0.1) is 0 Å². The van der Waals surface area contributed by atoms with Gasteiger partial charge in [-0.25, -0.2) is 4.98 Å². The number of H-pyrrole nitrogens is 1. The molecule has 0 atom stereocenters. The maximum atomic E-state index is 11.9. The third-order valence-electron chi connectivity index (χ3n) is 2.80. The number of nitrogens with one attached hydrogen (secondary N) is 2. The molecule has 0 spiro atoms. The molecule has 2 aromatic rings. The summed E-state index contributed by atoms with van der Waals surface area (Å²) in [6.07, 6.45) is 0.152. The monoisotopic (exact) mass is 285 g/mol. The van der Waals surface area contributed by atoms with E-state index >= 15 is 0 Å². The molecule has 0 aliphatic carbocycles. The predicted octanol–water partition coefficient (Wildman–Crippen LogP) is 1.68. The first kappa shape index (κ1) is 14.6. The Hall–Kier alpha value is -2.76. The molecule has 0 bridgehead atoms. The molecule has 1 amide bonds. The van der Waals surface area contributed by atoms with E-state index in [1.807, 2.05) is 6.07 Å². The molecule has 0 saturated carbocycles. The van der Waals surface area contributed by atoms with Crippen molar-refractivity contribution in [1.29, 1.82) is 0 Å². The summed E-state index contributed by atoms with van der Waals surface area (Å²) in [4.78, 5) is 41.3. The van der Waals surface area contributed by atoms with E-state index in [0.717, 1.165) is 0 Å². The first-order chi connectivity index (χ1) is 10.0. The summed E-state index contributed by atoms with van der Waals surface area (Å²) in [6, 6.07) is 9.99. The minimum Gasteiger partial charge on any atom is -0.311 e. The van der Waals surface area contributed by atoms with Crippen LogP contribution >= 0.6 is 0 Å². The molecule has 21 heavy (non-hydrogen) atoms. The average molecular weight is 285 g/mol. The molecule has 1 heterocycles. The average Bonchev–Trinajstić information content (AvgIpc) is 2.44. The zero-order chi connectivity index (χ0) is 15.2. The number of hydrogen-bond acceptors (Lipinski definition) is 4. The van der Waals surface area contributed by atoms with Crippen LogP contribution in [-0.2, 0) is 4.79 Å². The summed E-state index contributed by atoms with van der Waals surface area (Å²) in [5.41, 5.74) is 0.244. The topological polar surface area (TPSA) is 91.9 Å². The molecule has 0 aliphatic rings. The number of benzene rings is 1. The van der Waals surface area contributed by atoms with E-state index < -0.39 is 0 Å². The summed E-state index contributed by atoms with van der Waals surface area (Å²) in [6.45, 7) is 1.62. The maximum Gasteiger partial charge on any atom is 0.252 e. The Balaban J connectivity index is 1.90. The lowest BCUT2D eigenvalue weighted by Gasteiger charge is -2.04. The van der Waals surface area contributed by atoms with Crippen molar-refractivity contribution in [2.75, 3.05) is 5.32 Å². The van der Waals surface area contributed by atoms with Crippen molar-refractivity contribution in [3.8, 4) is 0 Å². The van der Waals surface area contributed by atoms with Gasteiger partial charge in [-0.15, -0.1) is 0 Å². The van der Waals surface area contributed by atoms with Crippen molar-refractivity contribution in [2.24, 2.45) is 0 Å². The first-order valence-electron chi connectivity index (χ1n) is 6.50. The van der Waals surface area contributed by atoms with E-state index in [1.54, 1.807) is 31.2 Å². The van der Waals surface area contributed by atoms with Gasteiger partial charge in [0.2, 0.25) is 5.91 Å². The fraction of sp³-hybridized carbons (Fsp3) is 0.200. The first-order valence-corrected chi connectivity index (χ1v) is 6.50. The third kappa shape index (κ3) is 4.38. The molecular formula is C15H15N3O3. The minimum atomic E-state index is -0.350. The van der Waals surface area contributed by atoms with Crippen molar-refractivity contribution < 1.29 is 9.59 Å². The molecule has 0 fully saturated rings. The highest BCUT2D eigenvalue weighted by Gasteiger charge is 2.10. The molecule has 1 aromatic carbocycles. The van der Waals surface area contributed by atoms with Crippen molar-refractivity contribution in [3.63, 3.8) is 0 Å². The highest BCUT2D eigenvalue weighted by Crippen LogP contribution is 2.06. The molecule has 0 radical (unpaired) electrons. The highest BCUT2D eigenvalue weighted by atomic mass is 16.2. The van der Waals surface area contributed by atoms with Gasteiger partial charge in [0, 0.05) is 24.5 Å². The van der Waals surface area contributed by atoms with Crippen LogP contribution in [0, 0.1) is 6.92 Å². The minimum absolute atomic E-state index is 0.0429. The van der Waals surface area contributed by atoms with Crippen LogP contribution in [0.2, 0.25) is 0 Å². The van der Waals surface area contributed by atoms with Crippen LogP contribution < -0.4 is 10.9 Å². The van der Waals surface area contributed by atoms with E-state index in [-0.39, 0.29) is 35.9 Å². The van der Waals surface area contributed by atoms with Crippen LogP contribution in [0.25, 0.3) is 0 Å². The number of hydrogen-bond donors (Lipinski definition) is 2. The Bertz CT molecular complexity index is 708. The smallest absolute Gasteiger partial charge is 0.252 e. The van der Waals surface area contributed by atoms with Crippen molar-refractivity contribution in [2.45, 2.75) is 19.8 Å². The fourth-order valence-electron chi connectivity index (χ4n) is 1.84. The number of amides is 1. The zero-order valence-corrected chi connectivity index (χ0v) is 11.6. The lowest BCUT2D eigenvalue weighted by Crippen LogP contribution is -2.17. The van der Waals surface area contributed by atoms with E-state index in [1.165, 1.54) is 6.07 Å². The SMILES string of the molecule is Cc1nc(NC(=O)CCC(=O)c2ccccc2)cc(=O)[nH]1. The second kappa shape index (κ2) is 6.60. The van der Waals surface area contributed by atoms with Crippen molar-refractivity contribution in [3.05, 3.63) is 58.1 Å². The summed E-state index contributed by atoms with van der Waals surface area (Å²) < 4.78 is 0. The largest absolute Gasteiger partial charge is 0.311 e. The Kier molecular flexibility index (Phi) is 4.61. The number of nitrogens with zero attached hydrogens (tertiary/aromatic N) is 1.